The molecule has 2 heterocycles. The highest BCUT2D eigenvalue weighted by atomic mass is 35.5. The number of rotatable bonds is 3. The molecule has 130 valence electrons. The van der Waals surface area contributed by atoms with E-state index in [0.717, 1.165) is 30.8 Å². The van der Waals surface area contributed by atoms with E-state index in [1.165, 1.54) is 12.1 Å². The number of hydrogen-bond acceptors (Lipinski definition) is 5. The fourth-order valence-electron chi connectivity index (χ4n) is 2.67. The molecule has 2 aromatic carbocycles. The van der Waals surface area contributed by atoms with E-state index < -0.39 is 0 Å². The molecule has 1 aliphatic heterocycles. The molecule has 3 aromatic rings. The van der Waals surface area contributed by atoms with E-state index in [2.05, 4.69) is 15.5 Å². The van der Waals surface area contributed by atoms with Crippen LogP contribution in [0.3, 0.4) is 0 Å². The molecule has 0 bridgehead atoms. The molecule has 0 radical (unpaired) electrons. The molecule has 0 aliphatic carbocycles. The molecule has 5 nitrogen and oxygen atoms in total. The van der Waals surface area contributed by atoms with Crippen molar-refractivity contribution in [1.29, 1.82) is 0 Å². The maximum atomic E-state index is 13.0. The molecule has 7 heteroatoms. The van der Waals surface area contributed by atoms with Crippen molar-refractivity contribution in [3.8, 4) is 22.9 Å². The predicted octanol–water partition coefficient (Wildman–Crippen LogP) is 3.63. The molecule has 4 rings (SSSR count). The third kappa shape index (κ3) is 3.87. The van der Waals surface area contributed by atoms with Crippen molar-refractivity contribution in [3.63, 3.8) is 0 Å². The molecular formula is C18H17ClFN3O2. The van der Waals surface area contributed by atoms with Crippen molar-refractivity contribution >= 4 is 12.4 Å². The maximum Gasteiger partial charge on any atom is 0.248 e. The van der Waals surface area contributed by atoms with Crippen LogP contribution in [0.15, 0.2) is 52.9 Å². The van der Waals surface area contributed by atoms with E-state index in [0.29, 0.717) is 17.3 Å². The Morgan fingerprint density at radius 3 is 2.08 bits per heavy atom. The van der Waals surface area contributed by atoms with Gasteiger partial charge in [-0.05, 0) is 42.0 Å². The maximum absolute atomic E-state index is 13.0. The molecule has 0 unspecified atom stereocenters. The minimum atomic E-state index is -0.298. The van der Waals surface area contributed by atoms with E-state index >= 15 is 0 Å². The molecular weight excluding hydrogens is 345 g/mol. The Balaban J connectivity index is 0.00000182. The summed E-state index contributed by atoms with van der Waals surface area (Å²) in [4.78, 5) is 0. The Bertz CT molecular complexity index is 815. The van der Waals surface area contributed by atoms with Gasteiger partial charge in [0.1, 0.15) is 5.82 Å². The number of morpholine rings is 1. The second kappa shape index (κ2) is 7.74. The van der Waals surface area contributed by atoms with Crippen LogP contribution >= 0.6 is 12.4 Å². The van der Waals surface area contributed by atoms with Gasteiger partial charge in [0, 0.05) is 24.2 Å². The van der Waals surface area contributed by atoms with Gasteiger partial charge < -0.3 is 14.5 Å². The van der Waals surface area contributed by atoms with Gasteiger partial charge in [0.25, 0.3) is 0 Å². The fraction of sp³-hybridized carbons (Fsp3) is 0.222. The van der Waals surface area contributed by atoms with Crippen LogP contribution in [0.5, 0.6) is 0 Å². The lowest BCUT2D eigenvalue weighted by Crippen LogP contribution is -2.33. The largest absolute Gasteiger partial charge is 0.416 e. The molecule has 1 aromatic heterocycles. The molecule has 0 spiro atoms. The van der Waals surface area contributed by atoms with Gasteiger partial charge in [0.15, 0.2) is 0 Å². The van der Waals surface area contributed by atoms with Crippen LogP contribution in [0.2, 0.25) is 0 Å². The monoisotopic (exact) mass is 361 g/mol. The zero-order valence-corrected chi connectivity index (χ0v) is 14.1. The first-order valence-electron chi connectivity index (χ1n) is 7.82. The Morgan fingerprint density at radius 1 is 0.920 bits per heavy atom. The Kier molecular flexibility index (Phi) is 5.43. The lowest BCUT2D eigenvalue weighted by atomic mass is 10.1. The van der Waals surface area contributed by atoms with Crippen molar-refractivity contribution < 1.29 is 13.5 Å². The second-order valence-corrected chi connectivity index (χ2v) is 5.60. The predicted molar refractivity (Wildman–Crippen MR) is 93.9 cm³/mol. The first-order chi connectivity index (χ1) is 11.8. The van der Waals surface area contributed by atoms with Crippen LogP contribution < -0.4 is 5.32 Å². The topological polar surface area (TPSA) is 60.2 Å². The quantitative estimate of drug-likeness (QED) is 0.772. The summed E-state index contributed by atoms with van der Waals surface area (Å²) in [6.45, 7) is 2.43. The minimum absolute atomic E-state index is 0. The molecule has 1 N–H and O–H groups in total. The van der Waals surface area contributed by atoms with Gasteiger partial charge in [-0.15, -0.1) is 22.6 Å². The van der Waals surface area contributed by atoms with Gasteiger partial charge in [-0.2, -0.15) is 0 Å². The molecule has 1 saturated heterocycles. The van der Waals surface area contributed by atoms with Crippen molar-refractivity contribution in [2.75, 3.05) is 19.7 Å². The Labute approximate surface area is 150 Å². The van der Waals surface area contributed by atoms with E-state index in [4.69, 9.17) is 9.15 Å². The Morgan fingerprint density at radius 2 is 1.52 bits per heavy atom. The number of nitrogens with one attached hydrogen (secondary N) is 1. The fourth-order valence-corrected chi connectivity index (χ4v) is 2.67. The van der Waals surface area contributed by atoms with Gasteiger partial charge in [-0.1, -0.05) is 12.1 Å². The lowest BCUT2D eigenvalue weighted by molar-refractivity contribution is 0.0277. The second-order valence-electron chi connectivity index (χ2n) is 5.60. The standard InChI is InChI=1S/C18H16FN3O2.ClH/c19-15-7-5-14(6-8-15)18-22-21-17(24-18)13-3-1-12(2-4-13)16-11-20-9-10-23-16;/h1-8,16,20H,9-11H2;1H/t16-;/m1./s1. The highest BCUT2D eigenvalue weighted by molar-refractivity contribution is 5.85. The van der Waals surface area contributed by atoms with Crippen LogP contribution in [0.25, 0.3) is 22.9 Å². The average molecular weight is 362 g/mol. The van der Waals surface area contributed by atoms with Crippen LogP contribution in [-0.2, 0) is 4.74 Å². The van der Waals surface area contributed by atoms with E-state index in [1.807, 2.05) is 24.3 Å². The third-order valence-corrected chi connectivity index (χ3v) is 3.97. The zero-order chi connectivity index (χ0) is 16.4. The number of aromatic nitrogens is 2. The minimum Gasteiger partial charge on any atom is -0.416 e. The van der Waals surface area contributed by atoms with Gasteiger partial charge >= 0.3 is 0 Å². The first-order valence-corrected chi connectivity index (χ1v) is 7.82. The highest BCUT2D eigenvalue weighted by Crippen LogP contribution is 2.26. The van der Waals surface area contributed by atoms with Crippen molar-refractivity contribution in [1.82, 2.24) is 15.5 Å². The van der Waals surface area contributed by atoms with Crippen LogP contribution in [0.1, 0.15) is 11.7 Å². The molecule has 1 fully saturated rings. The van der Waals surface area contributed by atoms with E-state index in [1.54, 1.807) is 12.1 Å². The van der Waals surface area contributed by atoms with Crippen molar-refractivity contribution in [2.24, 2.45) is 0 Å². The summed E-state index contributed by atoms with van der Waals surface area (Å²) in [5.74, 6) is 0.506. The summed E-state index contributed by atoms with van der Waals surface area (Å²) in [7, 11) is 0. The normalized spacial score (nSPS) is 17.1. The number of benzene rings is 2. The number of halogens is 2. The van der Waals surface area contributed by atoms with E-state index in [9.17, 15) is 4.39 Å². The Hall–Kier alpha value is -2.28. The molecule has 1 atom stereocenters. The summed E-state index contributed by atoms with van der Waals surface area (Å²) >= 11 is 0. The summed E-state index contributed by atoms with van der Waals surface area (Å²) in [6.07, 6.45) is 0.0743. The summed E-state index contributed by atoms with van der Waals surface area (Å²) in [5.41, 5.74) is 2.64. The third-order valence-electron chi connectivity index (χ3n) is 3.97. The zero-order valence-electron chi connectivity index (χ0n) is 13.3. The van der Waals surface area contributed by atoms with E-state index in [-0.39, 0.29) is 24.3 Å². The molecule has 25 heavy (non-hydrogen) atoms. The van der Waals surface area contributed by atoms with Crippen LogP contribution in [0, 0.1) is 5.82 Å². The van der Waals surface area contributed by atoms with Gasteiger partial charge in [0.2, 0.25) is 11.8 Å². The molecule has 0 amide bonds. The smallest absolute Gasteiger partial charge is 0.248 e. The number of hydrogen-bond donors (Lipinski definition) is 1. The lowest BCUT2D eigenvalue weighted by Gasteiger charge is -2.23. The summed E-state index contributed by atoms with van der Waals surface area (Å²) < 4.78 is 24.4. The SMILES string of the molecule is Cl.Fc1ccc(-c2nnc(-c3ccc([C@H]4CNCCO4)cc3)o2)cc1. The van der Waals surface area contributed by atoms with Gasteiger partial charge in [0.05, 0.1) is 12.7 Å². The van der Waals surface area contributed by atoms with Crippen molar-refractivity contribution in [2.45, 2.75) is 6.10 Å². The highest BCUT2D eigenvalue weighted by Gasteiger charge is 2.16. The summed E-state index contributed by atoms with van der Waals surface area (Å²) in [6, 6.07) is 13.9. The number of nitrogens with zero attached hydrogens (tertiary/aromatic N) is 2. The van der Waals surface area contributed by atoms with Crippen molar-refractivity contribution in [3.05, 3.63) is 59.9 Å². The van der Waals surface area contributed by atoms with Crippen LogP contribution in [0.4, 0.5) is 4.39 Å². The molecule has 0 saturated carbocycles. The molecule has 1 aliphatic rings. The summed E-state index contributed by atoms with van der Waals surface area (Å²) in [5, 5.41) is 11.4. The number of ether oxygens (including phenoxy) is 1. The average Bonchev–Trinajstić information content (AvgIpc) is 3.13. The van der Waals surface area contributed by atoms with Gasteiger partial charge in [-0.3, -0.25) is 0 Å². The van der Waals surface area contributed by atoms with Crippen LogP contribution in [-0.4, -0.2) is 29.9 Å². The van der Waals surface area contributed by atoms with Gasteiger partial charge in [-0.25, -0.2) is 4.39 Å². The first kappa shape index (κ1) is 17.5.